The zero-order chi connectivity index (χ0) is 35.4. The molecule has 0 saturated heterocycles. The van der Waals surface area contributed by atoms with Crippen LogP contribution in [0.15, 0.2) is 224 Å². The van der Waals surface area contributed by atoms with Crippen molar-refractivity contribution >= 4 is 27.8 Å². The smallest absolute Gasteiger partial charge is 0.0462 e. The zero-order valence-electron chi connectivity index (χ0n) is 29.3. The topological polar surface area (TPSA) is 3.24 Å². The molecule has 1 heteroatoms. The minimum absolute atomic E-state index is 1.11. The fraction of sp³-hybridized carbons (Fsp3) is 0. The summed E-state index contributed by atoms with van der Waals surface area (Å²) in [7, 11) is 0. The third-order valence-electron chi connectivity index (χ3n) is 10.1. The molecule has 53 heavy (non-hydrogen) atoms. The van der Waals surface area contributed by atoms with Gasteiger partial charge in [-0.1, -0.05) is 176 Å². The highest BCUT2D eigenvalue weighted by atomic mass is 15.1. The van der Waals surface area contributed by atoms with Gasteiger partial charge in [-0.15, -0.1) is 0 Å². The van der Waals surface area contributed by atoms with Crippen molar-refractivity contribution in [1.29, 1.82) is 0 Å². The van der Waals surface area contributed by atoms with E-state index in [1.165, 1.54) is 66.4 Å². The van der Waals surface area contributed by atoms with Crippen molar-refractivity contribution in [3.63, 3.8) is 0 Å². The van der Waals surface area contributed by atoms with E-state index >= 15 is 0 Å². The fourth-order valence-electron chi connectivity index (χ4n) is 7.30. The van der Waals surface area contributed by atoms with Crippen LogP contribution in [0.3, 0.4) is 0 Å². The normalized spacial score (nSPS) is 11.0. The fourth-order valence-corrected chi connectivity index (χ4v) is 7.30. The van der Waals surface area contributed by atoms with Gasteiger partial charge in [0.1, 0.15) is 0 Å². The Bertz CT molecular complexity index is 2610. The average molecular weight is 676 g/mol. The van der Waals surface area contributed by atoms with Crippen LogP contribution in [0.4, 0.5) is 17.1 Å². The van der Waals surface area contributed by atoms with Gasteiger partial charge in [0.15, 0.2) is 0 Å². The van der Waals surface area contributed by atoms with Crippen molar-refractivity contribution in [1.82, 2.24) is 0 Å². The predicted molar refractivity (Wildman–Crippen MR) is 226 cm³/mol. The van der Waals surface area contributed by atoms with E-state index in [0.717, 1.165) is 17.1 Å². The van der Waals surface area contributed by atoms with Crippen LogP contribution in [0, 0.1) is 0 Å². The molecule has 0 heterocycles. The molecule has 0 spiro atoms. The van der Waals surface area contributed by atoms with Crippen LogP contribution in [0.2, 0.25) is 0 Å². The third-order valence-corrected chi connectivity index (χ3v) is 10.1. The Kier molecular flexibility index (Phi) is 8.66. The maximum atomic E-state index is 2.33. The summed E-state index contributed by atoms with van der Waals surface area (Å²) in [5.74, 6) is 0. The lowest BCUT2D eigenvalue weighted by molar-refractivity contribution is 1.28. The Morgan fingerprint density at radius 3 is 1.21 bits per heavy atom. The summed E-state index contributed by atoms with van der Waals surface area (Å²) in [6, 6.07) is 80.7. The van der Waals surface area contributed by atoms with E-state index in [4.69, 9.17) is 0 Å². The van der Waals surface area contributed by atoms with Gasteiger partial charge in [0.2, 0.25) is 0 Å². The quantitative estimate of drug-likeness (QED) is 0.155. The van der Waals surface area contributed by atoms with Crippen molar-refractivity contribution < 1.29 is 0 Å². The van der Waals surface area contributed by atoms with Crippen molar-refractivity contribution in [3.05, 3.63) is 224 Å². The molecule has 9 rings (SSSR count). The van der Waals surface area contributed by atoms with Crippen LogP contribution in [-0.4, -0.2) is 0 Å². The Labute approximate surface area is 311 Å². The van der Waals surface area contributed by atoms with Gasteiger partial charge in [0.25, 0.3) is 0 Å². The summed E-state index contributed by atoms with van der Waals surface area (Å²) < 4.78 is 0. The monoisotopic (exact) mass is 675 g/mol. The first kappa shape index (κ1) is 32.0. The second-order valence-corrected chi connectivity index (χ2v) is 13.4. The number of para-hydroxylation sites is 1. The summed E-state index contributed by atoms with van der Waals surface area (Å²) in [5, 5.41) is 2.51. The molecule has 250 valence electrons. The summed E-state index contributed by atoms with van der Waals surface area (Å²) in [4.78, 5) is 2.32. The number of fused-ring (bicyclic) bond motifs is 1. The highest BCUT2D eigenvalue weighted by Gasteiger charge is 2.14. The van der Waals surface area contributed by atoms with E-state index in [0.29, 0.717) is 0 Å². The molecule has 9 aromatic carbocycles. The Balaban J connectivity index is 1.02. The van der Waals surface area contributed by atoms with Crippen molar-refractivity contribution in [2.45, 2.75) is 0 Å². The Morgan fingerprint density at radius 1 is 0.208 bits per heavy atom. The van der Waals surface area contributed by atoms with Gasteiger partial charge in [0.05, 0.1) is 0 Å². The predicted octanol–water partition coefficient (Wildman–Crippen LogP) is 14.6. The Morgan fingerprint density at radius 2 is 0.585 bits per heavy atom. The second-order valence-electron chi connectivity index (χ2n) is 13.4. The summed E-state index contributed by atoms with van der Waals surface area (Å²) in [6.07, 6.45) is 0. The first-order valence-electron chi connectivity index (χ1n) is 18.2. The molecule has 9 aromatic rings. The number of nitrogens with zero attached hydrogens (tertiary/aromatic N) is 1. The Hall–Kier alpha value is -6.96. The summed E-state index contributed by atoms with van der Waals surface area (Å²) >= 11 is 0. The van der Waals surface area contributed by atoms with Crippen molar-refractivity contribution in [2.24, 2.45) is 0 Å². The van der Waals surface area contributed by atoms with Crippen LogP contribution in [0.25, 0.3) is 66.4 Å². The molecule has 1 nitrogen and oxygen atoms in total. The van der Waals surface area contributed by atoms with Crippen LogP contribution < -0.4 is 4.90 Å². The lowest BCUT2D eigenvalue weighted by atomic mass is 9.90. The van der Waals surface area contributed by atoms with Gasteiger partial charge in [-0.25, -0.2) is 0 Å². The van der Waals surface area contributed by atoms with Gasteiger partial charge < -0.3 is 4.90 Å². The van der Waals surface area contributed by atoms with E-state index in [2.05, 4.69) is 229 Å². The van der Waals surface area contributed by atoms with Gasteiger partial charge in [-0.2, -0.15) is 0 Å². The van der Waals surface area contributed by atoms with Crippen molar-refractivity contribution in [3.8, 4) is 55.6 Å². The van der Waals surface area contributed by atoms with Gasteiger partial charge in [-0.3, -0.25) is 0 Å². The number of rotatable bonds is 8. The van der Waals surface area contributed by atoms with Crippen LogP contribution in [0.1, 0.15) is 0 Å². The molecule has 0 unspecified atom stereocenters. The largest absolute Gasteiger partial charge is 0.311 e. The number of hydrogen-bond acceptors (Lipinski definition) is 1. The highest BCUT2D eigenvalue weighted by Crippen LogP contribution is 2.39. The molecule has 0 fully saturated rings. The van der Waals surface area contributed by atoms with E-state index < -0.39 is 0 Å². The zero-order valence-corrected chi connectivity index (χ0v) is 29.3. The van der Waals surface area contributed by atoms with E-state index in [9.17, 15) is 0 Å². The molecule has 0 saturated carbocycles. The number of hydrogen-bond donors (Lipinski definition) is 0. The highest BCUT2D eigenvalue weighted by molar-refractivity contribution is 5.89. The maximum Gasteiger partial charge on any atom is 0.0462 e. The van der Waals surface area contributed by atoms with E-state index in [1.54, 1.807) is 0 Å². The first-order valence-corrected chi connectivity index (χ1v) is 18.2. The maximum absolute atomic E-state index is 2.33. The van der Waals surface area contributed by atoms with E-state index in [-0.39, 0.29) is 0 Å². The van der Waals surface area contributed by atoms with Gasteiger partial charge >= 0.3 is 0 Å². The molecule has 0 radical (unpaired) electrons. The van der Waals surface area contributed by atoms with Crippen LogP contribution in [-0.2, 0) is 0 Å². The number of anilines is 3. The minimum atomic E-state index is 1.11. The van der Waals surface area contributed by atoms with Gasteiger partial charge in [0, 0.05) is 17.1 Å². The molecular weight excluding hydrogens is 639 g/mol. The molecule has 0 aliphatic carbocycles. The van der Waals surface area contributed by atoms with Gasteiger partial charge in [-0.05, 0) is 115 Å². The molecule has 0 bridgehead atoms. The van der Waals surface area contributed by atoms with Crippen LogP contribution in [0.5, 0.6) is 0 Å². The van der Waals surface area contributed by atoms with Crippen LogP contribution >= 0.6 is 0 Å². The minimum Gasteiger partial charge on any atom is -0.311 e. The molecule has 0 atom stereocenters. The lowest BCUT2D eigenvalue weighted by Crippen LogP contribution is -2.09. The number of benzene rings is 9. The summed E-state index contributed by atoms with van der Waals surface area (Å²) in [6.45, 7) is 0. The average Bonchev–Trinajstić information content (AvgIpc) is 3.25. The molecule has 0 aliphatic heterocycles. The third kappa shape index (κ3) is 6.65. The standard InChI is InChI=1S/C52H37N/c1-4-12-38(13-5-1)47-30-35-51(43-15-6-2-7-16-43)52(37-47)44-23-20-40(21-24-44)41-26-31-49(32-27-41)53(48-18-8-3-9-19-48)50-33-28-42(29-34-50)46-25-22-39-14-10-11-17-45(39)36-46/h1-37H. The molecular formula is C52H37N. The molecule has 0 N–H and O–H groups in total. The SMILES string of the molecule is c1ccc(-c2ccc(-c3ccccc3)c(-c3ccc(-c4ccc(N(c5ccccc5)c5ccc(-c6ccc7ccccc7c6)cc5)cc4)cc3)c2)cc1. The summed E-state index contributed by atoms with van der Waals surface area (Å²) in [5.41, 5.74) is 15.4. The second kappa shape index (κ2) is 14.3. The molecule has 0 amide bonds. The molecule has 0 aliphatic rings. The van der Waals surface area contributed by atoms with Crippen molar-refractivity contribution in [2.75, 3.05) is 4.90 Å². The van der Waals surface area contributed by atoms with E-state index in [1.807, 2.05) is 0 Å². The lowest BCUT2D eigenvalue weighted by Gasteiger charge is -2.26. The molecule has 0 aromatic heterocycles. The first-order chi connectivity index (χ1) is 26.3.